The smallest absolute Gasteiger partial charge is 0.153 e. The van der Waals surface area contributed by atoms with Gasteiger partial charge in [-0.3, -0.25) is 0 Å². The van der Waals surface area contributed by atoms with E-state index in [1.807, 2.05) is 11.3 Å². The highest BCUT2D eigenvalue weighted by atomic mass is 32.1. The summed E-state index contributed by atoms with van der Waals surface area (Å²) in [5.41, 5.74) is 8.43. The van der Waals surface area contributed by atoms with E-state index in [0.29, 0.717) is 29.6 Å². The Hall–Kier alpha value is -1.15. The van der Waals surface area contributed by atoms with Gasteiger partial charge in [-0.25, -0.2) is 0 Å². The number of benzene rings is 1. The summed E-state index contributed by atoms with van der Waals surface area (Å²) < 4.78 is 2.59. The Labute approximate surface area is 158 Å². The van der Waals surface area contributed by atoms with Crippen LogP contribution in [0.3, 0.4) is 0 Å². The second-order valence-electron chi connectivity index (χ2n) is 8.77. The van der Waals surface area contributed by atoms with Gasteiger partial charge in [0.05, 0.1) is 4.88 Å². The minimum Gasteiger partial charge on any atom is -0.153 e. The predicted molar refractivity (Wildman–Crippen MR) is 109 cm³/mol. The number of fused-ring (bicyclic) bond motifs is 1. The van der Waals surface area contributed by atoms with Crippen LogP contribution in [0, 0.1) is 5.92 Å². The van der Waals surface area contributed by atoms with Gasteiger partial charge >= 0.3 is 0 Å². The molecule has 0 saturated carbocycles. The molecule has 1 nitrogen and oxygen atoms in total. The molecule has 1 heterocycles. The Morgan fingerprint density at radius 1 is 0.960 bits per heavy atom. The standard InChI is InChI=1S/C23H34NS/c1-14(2)18-9-8-10-19(15(3)4)21(18)24-13-25-23-17(7)11-12-20(16(5)6)22(23)24/h8-10,13-17,20H,11-12H2,1-7H3/q+1/t17-,20+/m1/s1. The minimum absolute atomic E-state index is 0.537. The molecule has 1 aromatic heterocycles. The van der Waals surface area contributed by atoms with E-state index in [1.54, 1.807) is 10.6 Å². The number of thiazole rings is 1. The van der Waals surface area contributed by atoms with E-state index < -0.39 is 0 Å². The van der Waals surface area contributed by atoms with Gasteiger partial charge < -0.3 is 0 Å². The summed E-state index contributed by atoms with van der Waals surface area (Å²) >= 11 is 1.98. The van der Waals surface area contributed by atoms with Crippen LogP contribution < -0.4 is 4.57 Å². The van der Waals surface area contributed by atoms with E-state index in [-0.39, 0.29) is 0 Å². The first-order valence-corrected chi connectivity index (χ1v) is 10.9. The highest BCUT2D eigenvalue weighted by Gasteiger charge is 2.39. The van der Waals surface area contributed by atoms with Gasteiger partial charge in [-0.2, -0.15) is 4.57 Å². The van der Waals surface area contributed by atoms with E-state index in [1.165, 1.54) is 29.7 Å². The molecule has 2 heteroatoms. The number of hydrogen-bond acceptors (Lipinski definition) is 1. The second-order valence-corrected chi connectivity index (χ2v) is 9.65. The summed E-state index contributed by atoms with van der Waals surface area (Å²) in [6.45, 7) is 16.5. The van der Waals surface area contributed by atoms with Gasteiger partial charge in [-0.1, -0.05) is 78.0 Å². The van der Waals surface area contributed by atoms with Crippen LogP contribution in [0.15, 0.2) is 23.7 Å². The summed E-state index contributed by atoms with van der Waals surface area (Å²) in [6.07, 6.45) is 2.66. The van der Waals surface area contributed by atoms with Crippen molar-refractivity contribution in [3.8, 4) is 5.69 Å². The fraction of sp³-hybridized carbons (Fsp3) is 0.609. The molecule has 1 aliphatic rings. The van der Waals surface area contributed by atoms with Gasteiger partial charge in [0.15, 0.2) is 0 Å². The molecule has 1 aliphatic carbocycles. The van der Waals surface area contributed by atoms with Gasteiger partial charge in [0.1, 0.15) is 0 Å². The third-order valence-corrected chi connectivity index (χ3v) is 7.08. The first-order chi connectivity index (χ1) is 11.8. The van der Waals surface area contributed by atoms with Crippen LogP contribution in [0.5, 0.6) is 0 Å². The topological polar surface area (TPSA) is 3.88 Å². The molecule has 0 unspecified atom stereocenters. The van der Waals surface area contributed by atoms with Gasteiger partial charge in [-0.05, 0) is 36.5 Å². The van der Waals surface area contributed by atoms with E-state index in [0.717, 1.165) is 0 Å². The Kier molecular flexibility index (Phi) is 5.39. The van der Waals surface area contributed by atoms with Gasteiger partial charge in [0.2, 0.25) is 16.9 Å². The normalized spacial score (nSPS) is 20.6. The molecule has 25 heavy (non-hydrogen) atoms. The number of aromatic nitrogens is 1. The van der Waals surface area contributed by atoms with Gasteiger partial charge in [0.25, 0.3) is 0 Å². The van der Waals surface area contributed by atoms with Crippen molar-refractivity contribution < 1.29 is 4.57 Å². The first kappa shape index (κ1) is 18.6. The maximum Gasteiger partial charge on any atom is 0.231 e. The maximum atomic E-state index is 2.59. The zero-order valence-corrected chi connectivity index (χ0v) is 17.8. The Morgan fingerprint density at radius 3 is 2.08 bits per heavy atom. The summed E-state index contributed by atoms with van der Waals surface area (Å²) in [4.78, 5) is 1.62. The lowest BCUT2D eigenvalue weighted by Gasteiger charge is -2.27. The van der Waals surface area contributed by atoms with E-state index >= 15 is 0 Å². The molecular formula is C23H34NS+. The fourth-order valence-corrected chi connectivity index (χ4v) is 5.54. The van der Waals surface area contributed by atoms with Crippen LogP contribution in [-0.2, 0) is 0 Å². The SMILES string of the molecule is CC(C)c1cccc(C(C)C)c1-[n+]1csc2c1[C@H](C(C)C)CC[C@H]2C. The molecule has 2 atom stereocenters. The Morgan fingerprint density at radius 2 is 1.56 bits per heavy atom. The molecular weight excluding hydrogens is 322 g/mol. The molecule has 0 N–H and O–H groups in total. The van der Waals surface area contributed by atoms with Crippen molar-refractivity contribution in [2.45, 2.75) is 85.0 Å². The number of hydrogen-bond donors (Lipinski definition) is 0. The van der Waals surface area contributed by atoms with Crippen LogP contribution in [-0.4, -0.2) is 0 Å². The Bertz CT molecular complexity index is 712. The van der Waals surface area contributed by atoms with Gasteiger partial charge in [0, 0.05) is 17.0 Å². The highest BCUT2D eigenvalue weighted by Crippen LogP contribution is 2.43. The number of para-hydroxylation sites is 1. The molecule has 0 fully saturated rings. The third kappa shape index (κ3) is 3.30. The highest BCUT2D eigenvalue weighted by molar-refractivity contribution is 7.09. The average molecular weight is 357 g/mol. The van der Waals surface area contributed by atoms with Crippen LogP contribution in [0.25, 0.3) is 5.69 Å². The van der Waals surface area contributed by atoms with Crippen molar-refractivity contribution >= 4 is 11.3 Å². The number of nitrogens with zero attached hydrogens (tertiary/aromatic N) is 1. The minimum atomic E-state index is 0.537. The molecule has 0 radical (unpaired) electrons. The maximum absolute atomic E-state index is 2.59. The van der Waals surface area contributed by atoms with Crippen molar-refractivity contribution in [2.75, 3.05) is 0 Å². The van der Waals surface area contributed by atoms with Crippen LogP contribution in [0.1, 0.15) is 107 Å². The Balaban J connectivity index is 2.29. The zero-order chi connectivity index (χ0) is 18.3. The van der Waals surface area contributed by atoms with E-state index in [9.17, 15) is 0 Å². The van der Waals surface area contributed by atoms with E-state index in [2.05, 4.69) is 76.7 Å². The van der Waals surface area contributed by atoms with Crippen molar-refractivity contribution in [3.63, 3.8) is 0 Å². The summed E-state index contributed by atoms with van der Waals surface area (Å²) in [5, 5.41) is 0. The quantitative estimate of drug-likeness (QED) is 0.524. The van der Waals surface area contributed by atoms with Crippen LogP contribution in [0.2, 0.25) is 0 Å². The summed E-state index contributed by atoms with van der Waals surface area (Å²) in [5.74, 6) is 3.15. The molecule has 0 saturated heterocycles. The summed E-state index contributed by atoms with van der Waals surface area (Å²) in [6, 6.07) is 6.91. The molecule has 136 valence electrons. The lowest BCUT2D eigenvalue weighted by Crippen LogP contribution is -2.40. The number of rotatable bonds is 4. The summed E-state index contributed by atoms with van der Waals surface area (Å²) in [7, 11) is 0. The van der Waals surface area contributed by atoms with Crippen LogP contribution in [0.4, 0.5) is 0 Å². The molecule has 3 rings (SSSR count). The first-order valence-electron chi connectivity index (χ1n) is 9.99. The molecule has 0 spiro atoms. The predicted octanol–water partition coefficient (Wildman–Crippen LogP) is 6.91. The van der Waals surface area contributed by atoms with Crippen molar-refractivity contribution in [2.24, 2.45) is 5.92 Å². The van der Waals surface area contributed by atoms with E-state index in [4.69, 9.17) is 0 Å². The molecule has 0 bridgehead atoms. The lowest BCUT2D eigenvalue weighted by atomic mass is 9.78. The van der Waals surface area contributed by atoms with Crippen molar-refractivity contribution in [1.29, 1.82) is 0 Å². The average Bonchev–Trinajstić information content (AvgIpc) is 2.99. The van der Waals surface area contributed by atoms with Gasteiger partial charge in [-0.15, -0.1) is 0 Å². The fourth-order valence-electron chi connectivity index (χ4n) is 4.38. The second kappa shape index (κ2) is 7.23. The zero-order valence-electron chi connectivity index (χ0n) is 17.0. The third-order valence-electron chi connectivity index (χ3n) is 5.89. The largest absolute Gasteiger partial charge is 0.231 e. The molecule has 0 aliphatic heterocycles. The van der Waals surface area contributed by atoms with Crippen molar-refractivity contribution in [3.05, 3.63) is 45.4 Å². The molecule has 0 amide bonds. The monoisotopic (exact) mass is 356 g/mol. The van der Waals surface area contributed by atoms with Crippen molar-refractivity contribution in [1.82, 2.24) is 0 Å². The molecule has 1 aromatic carbocycles. The molecule has 2 aromatic rings. The van der Waals surface area contributed by atoms with Crippen LogP contribution >= 0.6 is 11.3 Å². The lowest BCUT2D eigenvalue weighted by molar-refractivity contribution is -0.603.